The summed E-state index contributed by atoms with van der Waals surface area (Å²) in [6, 6.07) is 6.37. The molecule has 102 valence electrons. The third-order valence-corrected chi connectivity index (χ3v) is 4.37. The third-order valence-electron chi connectivity index (χ3n) is 3.01. The van der Waals surface area contributed by atoms with Crippen molar-refractivity contribution in [3.63, 3.8) is 0 Å². The van der Waals surface area contributed by atoms with Crippen LogP contribution in [0.25, 0.3) is 0 Å². The van der Waals surface area contributed by atoms with Crippen molar-refractivity contribution < 1.29 is 9.59 Å². The molecule has 0 radical (unpaired) electrons. The first-order valence-electron chi connectivity index (χ1n) is 5.97. The van der Waals surface area contributed by atoms with Gasteiger partial charge in [0.25, 0.3) is 0 Å². The number of hydrogen-bond acceptors (Lipinski definition) is 3. The van der Waals surface area contributed by atoms with Gasteiger partial charge < -0.3 is 10.6 Å². The van der Waals surface area contributed by atoms with Gasteiger partial charge in [-0.3, -0.25) is 9.59 Å². The van der Waals surface area contributed by atoms with E-state index in [-0.39, 0.29) is 11.8 Å². The van der Waals surface area contributed by atoms with E-state index in [4.69, 9.17) is 0 Å². The van der Waals surface area contributed by atoms with Gasteiger partial charge in [-0.25, -0.2) is 0 Å². The molecule has 1 aliphatic heterocycles. The summed E-state index contributed by atoms with van der Waals surface area (Å²) < 4.78 is 0.818. The molecule has 4 nitrogen and oxygen atoms in total. The van der Waals surface area contributed by atoms with Crippen LogP contribution in [0.3, 0.4) is 0 Å². The minimum absolute atomic E-state index is 0.116. The molecule has 2 rings (SSSR count). The summed E-state index contributed by atoms with van der Waals surface area (Å²) in [5, 5.41) is 5.58. The van der Waals surface area contributed by atoms with E-state index in [1.807, 2.05) is 30.5 Å². The summed E-state index contributed by atoms with van der Waals surface area (Å²) in [7, 11) is 0. The summed E-state index contributed by atoms with van der Waals surface area (Å²) in [6.07, 6.45) is 2.63. The molecule has 1 fully saturated rings. The summed E-state index contributed by atoms with van der Waals surface area (Å²) in [4.78, 5) is 24.1. The topological polar surface area (TPSA) is 58.2 Å². The number of carbonyl (C=O) groups excluding carboxylic acids is 2. The quantitative estimate of drug-likeness (QED) is 0.877. The van der Waals surface area contributed by atoms with Gasteiger partial charge in [0.05, 0.1) is 0 Å². The van der Waals surface area contributed by atoms with Crippen LogP contribution in [-0.2, 0) is 9.59 Å². The fraction of sp³-hybridized carbons (Fsp3) is 0.385. The molecule has 0 saturated carbocycles. The molecule has 2 N–H and O–H groups in total. The van der Waals surface area contributed by atoms with Crippen LogP contribution >= 0.6 is 27.7 Å². The molecule has 1 aromatic carbocycles. The Morgan fingerprint density at radius 1 is 1.21 bits per heavy atom. The highest BCUT2D eigenvalue weighted by atomic mass is 79.9. The highest BCUT2D eigenvalue weighted by Crippen LogP contribution is 2.25. The van der Waals surface area contributed by atoms with Crippen LogP contribution in [0.4, 0.5) is 0 Å². The Kier molecular flexibility index (Phi) is 4.87. The number of carbonyl (C=O) groups is 2. The number of nitrogens with one attached hydrogen (secondary N) is 2. The molecule has 1 saturated heterocycles. The maximum Gasteiger partial charge on any atom is 0.247 e. The van der Waals surface area contributed by atoms with Crippen molar-refractivity contribution in [2.45, 2.75) is 18.5 Å². The Morgan fingerprint density at radius 3 is 2.63 bits per heavy atom. The van der Waals surface area contributed by atoms with E-state index in [0.29, 0.717) is 6.42 Å². The molecule has 2 atom stereocenters. The number of amides is 2. The first kappa shape index (κ1) is 14.4. The van der Waals surface area contributed by atoms with Gasteiger partial charge in [0, 0.05) is 4.47 Å². The van der Waals surface area contributed by atoms with Crippen molar-refractivity contribution in [1.29, 1.82) is 0 Å². The first-order chi connectivity index (χ1) is 9.13. The van der Waals surface area contributed by atoms with Gasteiger partial charge in [-0.15, -0.1) is 0 Å². The zero-order valence-electron chi connectivity index (χ0n) is 10.5. The first-order valence-corrected chi connectivity index (χ1v) is 8.16. The second-order valence-corrected chi connectivity index (χ2v) is 6.15. The van der Waals surface area contributed by atoms with Crippen LogP contribution in [0.5, 0.6) is 0 Å². The van der Waals surface area contributed by atoms with Crippen LogP contribution < -0.4 is 10.6 Å². The lowest BCUT2D eigenvalue weighted by atomic mass is 10.0. The van der Waals surface area contributed by atoms with Crippen molar-refractivity contribution >= 4 is 39.5 Å². The molecule has 0 bridgehead atoms. The molecular weight excluding hydrogens is 328 g/mol. The van der Waals surface area contributed by atoms with Crippen LogP contribution in [0, 0.1) is 0 Å². The average molecular weight is 343 g/mol. The summed E-state index contributed by atoms with van der Waals surface area (Å²) in [5.41, 5.74) is 0.775. The molecule has 6 heteroatoms. The van der Waals surface area contributed by atoms with Gasteiger partial charge in [0.1, 0.15) is 12.1 Å². The Balaban J connectivity index is 2.13. The zero-order valence-corrected chi connectivity index (χ0v) is 12.9. The number of hydrogen-bond donors (Lipinski definition) is 2. The van der Waals surface area contributed by atoms with Gasteiger partial charge in [-0.1, -0.05) is 34.1 Å². The van der Waals surface area contributed by atoms with Crippen molar-refractivity contribution in [3.8, 4) is 0 Å². The van der Waals surface area contributed by atoms with Gasteiger partial charge in [0.15, 0.2) is 0 Å². The van der Waals surface area contributed by atoms with E-state index < -0.39 is 12.1 Å². The predicted molar refractivity (Wildman–Crippen MR) is 80.0 cm³/mol. The average Bonchev–Trinajstić information content (AvgIpc) is 2.40. The number of halogens is 1. The van der Waals surface area contributed by atoms with Crippen molar-refractivity contribution in [2.24, 2.45) is 0 Å². The molecule has 1 heterocycles. The smallest absolute Gasteiger partial charge is 0.247 e. The maximum atomic E-state index is 12.1. The second-order valence-electron chi connectivity index (χ2n) is 4.31. The number of thioether (sulfide) groups is 1. The fourth-order valence-electron chi connectivity index (χ4n) is 2.00. The van der Waals surface area contributed by atoms with E-state index in [2.05, 4.69) is 26.6 Å². The van der Waals surface area contributed by atoms with Gasteiger partial charge in [-0.2, -0.15) is 11.8 Å². The largest absolute Gasteiger partial charge is 0.342 e. The normalized spacial score (nSPS) is 22.8. The molecule has 0 spiro atoms. The number of piperazine rings is 1. The van der Waals surface area contributed by atoms with E-state index in [0.717, 1.165) is 15.8 Å². The van der Waals surface area contributed by atoms with E-state index >= 15 is 0 Å². The maximum absolute atomic E-state index is 12.1. The Hall–Kier alpha value is -1.01. The van der Waals surface area contributed by atoms with Crippen molar-refractivity contribution in [2.75, 3.05) is 12.0 Å². The van der Waals surface area contributed by atoms with Crippen molar-refractivity contribution in [1.82, 2.24) is 10.6 Å². The molecule has 0 aliphatic carbocycles. The van der Waals surface area contributed by atoms with Crippen LogP contribution in [-0.4, -0.2) is 29.9 Å². The summed E-state index contributed by atoms with van der Waals surface area (Å²) in [6.45, 7) is 0. The zero-order chi connectivity index (χ0) is 13.8. The third kappa shape index (κ3) is 3.30. The van der Waals surface area contributed by atoms with Crippen LogP contribution in [0.15, 0.2) is 28.7 Å². The Labute approximate surface area is 124 Å². The SMILES string of the molecule is CSCC[C@H]1NC(=O)C(c2ccccc2Br)NC1=O. The Morgan fingerprint density at radius 2 is 1.95 bits per heavy atom. The minimum atomic E-state index is -0.617. The standard InChI is InChI=1S/C13H15BrN2O2S/c1-19-7-6-10-12(17)16-11(13(18)15-10)8-4-2-3-5-9(8)14/h2-5,10-11H,6-7H2,1H3,(H,15,18)(H,16,17)/t10-,11?/m1/s1. The molecule has 1 aliphatic rings. The minimum Gasteiger partial charge on any atom is -0.342 e. The van der Waals surface area contributed by atoms with E-state index in [1.165, 1.54) is 0 Å². The van der Waals surface area contributed by atoms with Gasteiger partial charge in [-0.05, 0) is 30.1 Å². The molecule has 1 aromatic rings. The van der Waals surface area contributed by atoms with Crippen LogP contribution in [0.2, 0.25) is 0 Å². The molecular formula is C13H15BrN2O2S. The van der Waals surface area contributed by atoms with E-state index in [1.54, 1.807) is 11.8 Å². The highest BCUT2D eigenvalue weighted by molar-refractivity contribution is 9.10. The van der Waals surface area contributed by atoms with E-state index in [9.17, 15) is 9.59 Å². The number of benzene rings is 1. The molecule has 2 amide bonds. The summed E-state index contributed by atoms with van der Waals surface area (Å²) >= 11 is 5.06. The highest BCUT2D eigenvalue weighted by Gasteiger charge is 2.34. The lowest BCUT2D eigenvalue weighted by Gasteiger charge is -2.30. The second kappa shape index (κ2) is 6.43. The van der Waals surface area contributed by atoms with Gasteiger partial charge in [0.2, 0.25) is 11.8 Å². The lowest BCUT2D eigenvalue weighted by molar-refractivity contribution is -0.137. The Bertz CT molecular complexity index is 495. The monoisotopic (exact) mass is 342 g/mol. The fourth-order valence-corrected chi connectivity index (χ4v) is 2.98. The molecule has 19 heavy (non-hydrogen) atoms. The number of rotatable bonds is 4. The van der Waals surface area contributed by atoms with Gasteiger partial charge >= 0.3 is 0 Å². The lowest BCUT2D eigenvalue weighted by Crippen LogP contribution is -2.57. The van der Waals surface area contributed by atoms with Crippen LogP contribution in [0.1, 0.15) is 18.0 Å². The molecule has 1 unspecified atom stereocenters. The summed E-state index contributed by atoms with van der Waals surface area (Å²) in [5.74, 6) is 0.574. The van der Waals surface area contributed by atoms with Crippen molar-refractivity contribution in [3.05, 3.63) is 34.3 Å². The molecule has 0 aromatic heterocycles. The predicted octanol–water partition coefficient (Wildman–Crippen LogP) is 1.86.